The van der Waals surface area contributed by atoms with Crippen molar-refractivity contribution < 1.29 is 4.74 Å². The zero-order chi connectivity index (χ0) is 19.6. The van der Waals surface area contributed by atoms with Crippen LogP contribution in [0.3, 0.4) is 0 Å². The Bertz CT molecular complexity index is 566. The number of hydrogen-bond donors (Lipinski definition) is 2. The summed E-state index contributed by atoms with van der Waals surface area (Å²) in [6, 6.07) is 9.42. The summed E-state index contributed by atoms with van der Waals surface area (Å²) in [5.74, 6) is 2.38. The van der Waals surface area contributed by atoms with E-state index in [2.05, 4.69) is 62.3 Å². The van der Waals surface area contributed by atoms with E-state index in [-0.39, 0.29) is 24.0 Å². The normalized spacial score (nSPS) is 16.2. The van der Waals surface area contributed by atoms with E-state index in [1.54, 1.807) is 0 Å². The largest absolute Gasteiger partial charge is 0.493 e. The molecule has 0 spiro atoms. The van der Waals surface area contributed by atoms with Crippen LogP contribution in [0.2, 0.25) is 0 Å². The Kier molecular flexibility index (Phi) is 11.8. The number of piperidine rings is 1. The van der Waals surface area contributed by atoms with Crippen LogP contribution in [0.4, 0.5) is 0 Å². The van der Waals surface area contributed by atoms with Gasteiger partial charge in [-0.05, 0) is 57.2 Å². The molecule has 0 aromatic heterocycles. The molecule has 1 aliphatic rings. The Morgan fingerprint density at radius 3 is 2.32 bits per heavy atom. The zero-order valence-electron chi connectivity index (χ0n) is 18.2. The minimum absolute atomic E-state index is 0. The highest BCUT2D eigenvalue weighted by atomic mass is 127. The van der Waals surface area contributed by atoms with Crippen molar-refractivity contribution in [3.63, 3.8) is 0 Å². The lowest BCUT2D eigenvalue weighted by Gasteiger charge is -2.35. The minimum atomic E-state index is 0. The van der Waals surface area contributed by atoms with Gasteiger partial charge in [-0.15, -0.1) is 24.0 Å². The Labute approximate surface area is 188 Å². The van der Waals surface area contributed by atoms with Gasteiger partial charge in [0, 0.05) is 31.7 Å². The fraction of sp³-hybridized carbons (Fsp3) is 0.682. The van der Waals surface area contributed by atoms with Gasteiger partial charge in [0.2, 0.25) is 0 Å². The molecule has 6 heteroatoms. The SMILES string of the molecule is CCNC(=NCc1ccc(OCC(C)C)cc1)NC1CCN(C(C)C)CC1.I. The zero-order valence-corrected chi connectivity index (χ0v) is 20.5. The smallest absolute Gasteiger partial charge is 0.191 e. The fourth-order valence-electron chi connectivity index (χ4n) is 3.20. The highest BCUT2D eigenvalue weighted by Gasteiger charge is 2.21. The molecule has 0 aliphatic carbocycles. The maximum Gasteiger partial charge on any atom is 0.191 e. The van der Waals surface area contributed by atoms with Crippen molar-refractivity contribution in [1.82, 2.24) is 15.5 Å². The molecule has 0 unspecified atom stereocenters. The van der Waals surface area contributed by atoms with Gasteiger partial charge in [0.1, 0.15) is 5.75 Å². The van der Waals surface area contributed by atoms with Crippen LogP contribution in [0, 0.1) is 5.92 Å². The number of benzene rings is 1. The van der Waals surface area contributed by atoms with Crippen LogP contribution in [0.1, 0.15) is 53.0 Å². The lowest BCUT2D eigenvalue weighted by molar-refractivity contribution is 0.167. The molecule has 1 heterocycles. The summed E-state index contributed by atoms with van der Waals surface area (Å²) in [5, 5.41) is 7.00. The first-order valence-corrected chi connectivity index (χ1v) is 10.5. The molecule has 1 fully saturated rings. The van der Waals surface area contributed by atoms with Gasteiger partial charge < -0.3 is 20.3 Å². The molecule has 0 bridgehead atoms. The quantitative estimate of drug-likeness (QED) is 0.317. The first-order valence-electron chi connectivity index (χ1n) is 10.5. The third kappa shape index (κ3) is 8.99. The highest BCUT2D eigenvalue weighted by Crippen LogP contribution is 2.15. The first-order chi connectivity index (χ1) is 13.0. The topological polar surface area (TPSA) is 48.9 Å². The molecule has 160 valence electrons. The maximum absolute atomic E-state index is 5.75. The maximum atomic E-state index is 5.75. The number of ether oxygens (including phenoxy) is 1. The molecule has 0 saturated carbocycles. The molecule has 2 N–H and O–H groups in total. The molecule has 5 nitrogen and oxygen atoms in total. The van der Waals surface area contributed by atoms with E-state index in [1.165, 1.54) is 18.4 Å². The van der Waals surface area contributed by atoms with E-state index in [9.17, 15) is 0 Å². The Hall–Kier alpha value is -1.02. The standard InChI is InChI=1S/C22H38N4O.HI/c1-6-23-22(25-20-11-13-26(14-12-20)18(4)5)24-15-19-7-9-21(10-8-19)27-16-17(2)3;/h7-10,17-18,20H,6,11-16H2,1-5H3,(H2,23,24,25);1H. The molecule has 1 aromatic carbocycles. The average Bonchev–Trinajstić information content (AvgIpc) is 2.66. The Morgan fingerprint density at radius 2 is 1.79 bits per heavy atom. The second kappa shape index (κ2) is 13.2. The van der Waals surface area contributed by atoms with Gasteiger partial charge in [0.25, 0.3) is 0 Å². The predicted molar refractivity (Wildman–Crippen MR) is 130 cm³/mol. The van der Waals surface area contributed by atoms with Gasteiger partial charge >= 0.3 is 0 Å². The lowest BCUT2D eigenvalue weighted by atomic mass is 10.0. The molecule has 1 aliphatic heterocycles. The molecule has 28 heavy (non-hydrogen) atoms. The van der Waals surface area contributed by atoms with Gasteiger partial charge in [-0.1, -0.05) is 26.0 Å². The molecule has 0 amide bonds. The summed E-state index contributed by atoms with van der Waals surface area (Å²) in [5.41, 5.74) is 1.19. The van der Waals surface area contributed by atoms with Crippen molar-refractivity contribution in [2.24, 2.45) is 10.9 Å². The summed E-state index contributed by atoms with van der Waals surface area (Å²) in [7, 11) is 0. The summed E-state index contributed by atoms with van der Waals surface area (Å²) < 4.78 is 5.75. The van der Waals surface area contributed by atoms with Crippen molar-refractivity contribution in [2.75, 3.05) is 26.2 Å². The van der Waals surface area contributed by atoms with E-state index in [1.807, 2.05) is 12.1 Å². The van der Waals surface area contributed by atoms with Crippen LogP contribution in [-0.4, -0.2) is 49.2 Å². The van der Waals surface area contributed by atoms with E-state index < -0.39 is 0 Å². The van der Waals surface area contributed by atoms with Crippen LogP contribution in [0.15, 0.2) is 29.3 Å². The summed E-state index contributed by atoms with van der Waals surface area (Å²) in [4.78, 5) is 7.32. The van der Waals surface area contributed by atoms with Crippen LogP contribution < -0.4 is 15.4 Å². The fourth-order valence-corrected chi connectivity index (χ4v) is 3.20. The van der Waals surface area contributed by atoms with E-state index in [0.717, 1.165) is 38.0 Å². The van der Waals surface area contributed by atoms with E-state index in [4.69, 9.17) is 9.73 Å². The number of rotatable bonds is 8. The van der Waals surface area contributed by atoms with Crippen molar-refractivity contribution in [2.45, 2.75) is 66.1 Å². The van der Waals surface area contributed by atoms with Gasteiger partial charge in [-0.3, -0.25) is 0 Å². The van der Waals surface area contributed by atoms with Crippen LogP contribution in [-0.2, 0) is 6.54 Å². The summed E-state index contributed by atoms with van der Waals surface area (Å²) >= 11 is 0. The summed E-state index contributed by atoms with van der Waals surface area (Å²) in [6.45, 7) is 15.6. The van der Waals surface area contributed by atoms with Crippen LogP contribution >= 0.6 is 24.0 Å². The number of halogens is 1. The first kappa shape index (κ1) is 25.0. The molecule has 0 radical (unpaired) electrons. The van der Waals surface area contributed by atoms with Gasteiger partial charge in [-0.25, -0.2) is 4.99 Å². The number of nitrogens with zero attached hydrogens (tertiary/aromatic N) is 2. The molecule has 1 saturated heterocycles. The van der Waals surface area contributed by atoms with Crippen LogP contribution in [0.25, 0.3) is 0 Å². The van der Waals surface area contributed by atoms with Crippen molar-refractivity contribution >= 4 is 29.9 Å². The molecule has 0 atom stereocenters. The molecular weight excluding hydrogens is 463 g/mol. The van der Waals surface area contributed by atoms with E-state index in [0.29, 0.717) is 24.5 Å². The molecule has 2 rings (SSSR count). The third-order valence-electron chi connectivity index (χ3n) is 4.87. The van der Waals surface area contributed by atoms with Gasteiger partial charge in [0.15, 0.2) is 5.96 Å². The van der Waals surface area contributed by atoms with Gasteiger partial charge in [-0.2, -0.15) is 0 Å². The molecular formula is C22H39IN4O. The van der Waals surface area contributed by atoms with E-state index >= 15 is 0 Å². The number of hydrogen-bond acceptors (Lipinski definition) is 3. The van der Waals surface area contributed by atoms with Crippen molar-refractivity contribution in [3.8, 4) is 5.75 Å². The average molecular weight is 502 g/mol. The monoisotopic (exact) mass is 502 g/mol. The second-order valence-corrected chi connectivity index (χ2v) is 8.09. The number of guanidine groups is 1. The number of nitrogens with one attached hydrogen (secondary N) is 2. The van der Waals surface area contributed by atoms with Gasteiger partial charge in [0.05, 0.1) is 13.2 Å². The van der Waals surface area contributed by atoms with Crippen molar-refractivity contribution in [3.05, 3.63) is 29.8 Å². The van der Waals surface area contributed by atoms with Crippen LogP contribution in [0.5, 0.6) is 5.75 Å². The van der Waals surface area contributed by atoms with Crippen molar-refractivity contribution in [1.29, 1.82) is 0 Å². The summed E-state index contributed by atoms with van der Waals surface area (Å²) in [6.07, 6.45) is 2.34. The highest BCUT2D eigenvalue weighted by molar-refractivity contribution is 14.0. The second-order valence-electron chi connectivity index (χ2n) is 8.09. The number of aliphatic imine (C=N–C) groups is 1. The Morgan fingerprint density at radius 1 is 1.14 bits per heavy atom. The molecule has 1 aromatic rings. The Balaban J connectivity index is 0.00000392. The third-order valence-corrected chi connectivity index (χ3v) is 4.87. The number of likely N-dealkylation sites (tertiary alicyclic amines) is 1. The minimum Gasteiger partial charge on any atom is -0.493 e. The predicted octanol–water partition coefficient (Wildman–Crippen LogP) is 4.27. The lowest BCUT2D eigenvalue weighted by Crippen LogP contribution is -2.49.